The van der Waals surface area contributed by atoms with E-state index in [2.05, 4.69) is 34.5 Å². The molecule has 1 aliphatic carbocycles. The number of halogens is 1. The van der Waals surface area contributed by atoms with Crippen LogP contribution in [0, 0.1) is 9.49 Å². The molecule has 1 aromatic rings. The SMILES string of the molecule is CCOC1(c2nc(N)c(I)c(COC)n2)CCCC(C)C1. The molecule has 1 saturated carbocycles. The van der Waals surface area contributed by atoms with Gasteiger partial charge in [-0.15, -0.1) is 0 Å². The number of hydrogen-bond donors (Lipinski definition) is 1. The standard InChI is InChI=1S/C15H24IN3O2/c1-4-21-15(7-5-6-10(2)8-15)14-18-11(9-20-3)12(16)13(17)19-14/h10H,4-9H2,1-3H3,(H2,17,18,19). The molecule has 0 bridgehead atoms. The van der Waals surface area contributed by atoms with Crippen molar-refractivity contribution in [3.05, 3.63) is 15.1 Å². The van der Waals surface area contributed by atoms with Crippen molar-refractivity contribution in [3.63, 3.8) is 0 Å². The number of nitrogens with zero attached hydrogens (tertiary/aromatic N) is 2. The van der Waals surface area contributed by atoms with Crippen LogP contribution in [0.25, 0.3) is 0 Å². The Hall–Kier alpha value is -0.470. The quantitative estimate of drug-likeness (QED) is 0.762. The molecule has 1 aliphatic rings. The molecule has 0 saturated heterocycles. The molecular formula is C15H24IN3O2. The number of hydrogen-bond acceptors (Lipinski definition) is 5. The molecule has 2 atom stereocenters. The van der Waals surface area contributed by atoms with E-state index in [1.54, 1.807) is 7.11 Å². The maximum Gasteiger partial charge on any atom is 0.163 e. The van der Waals surface area contributed by atoms with Crippen molar-refractivity contribution in [2.75, 3.05) is 19.5 Å². The highest BCUT2D eigenvalue weighted by Gasteiger charge is 2.40. The first-order valence-electron chi connectivity index (χ1n) is 7.47. The van der Waals surface area contributed by atoms with Crippen LogP contribution < -0.4 is 5.73 Å². The van der Waals surface area contributed by atoms with Crippen molar-refractivity contribution in [1.82, 2.24) is 9.97 Å². The second kappa shape index (κ2) is 7.19. The summed E-state index contributed by atoms with van der Waals surface area (Å²) < 4.78 is 12.2. The monoisotopic (exact) mass is 405 g/mol. The van der Waals surface area contributed by atoms with Gasteiger partial charge in [0.2, 0.25) is 0 Å². The van der Waals surface area contributed by atoms with Crippen LogP contribution in [-0.4, -0.2) is 23.7 Å². The minimum atomic E-state index is -0.395. The molecule has 0 spiro atoms. The summed E-state index contributed by atoms with van der Waals surface area (Å²) in [4.78, 5) is 9.27. The smallest absolute Gasteiger partial charge is 0.163 e. The number of nitrogens with two attached hydrogens (primary N) is 1. The number of anilines is 1. The maximum atomic E-state index is 6.13. The van der Waals surface area contributed by atoms with E-state index >= 15 is 0 Å². The van der Waals surface area contributed by atoms with E-state index in [9.17, 15) is 0 Å². The Balaban J connectivity index is 2.44. The van der Waals surface area contributed by atoms with E-state index < -0.39 is 5.60 Å². The Kier molecular flexibility index (Phi) is 5.79. The maximum absolute atomic E-state index is 6.13. The molecule has 1 heterocycles. The van der Waals surface area contributed by atoms with Crippen molar-refractivity contribution < 1.29 is 9.47 Å². The third-order valence-corrected chi connectivity index (χ3v) is 5.19. The van der Waals surface area contributed by atoms with E-state index in [1.165, 1.54) is 6.42 Å². The fraction of sp³-hybridized carbons (Fsp3) is 0.733. The molecule has 5 nitrogen and oxygen atoms in total. The Labute approximate surface area is 140 Å². The summed E-state index contributed by atoms with van der Waals surface area (Å²) in [6, 6.07) is 0. The first-order valence-corrected chi connectivity index (χ1v) is 8.55. The summed E-state index contributed by atoms with van der Waals surface area (Å²) in [6.45, 7) is 5.38. The molecule has 2 unspecified atom stereocenters. The van der Waals surface area contributed by atoms with Gasteiger partial charge in [0.15, 0.2) is 5.82 Å². The van der Waals surface area contributed by atoms with Gasteiger partial charge < -0.3 is 15.2 Å². The largest absolute Gasteiger partial charge is 0.383 e. The summed E-state index contributed by atoms with van der Waals surface area (Å²) in [5.74, 6) is 1.85. The van der Waals surface area contributed by atoms with Crippen LogP contribution in [0.4, 0.5) is 5.82 Å². The average Bonchev–Trinajstić information content (AvgIpc) is 2.44. The first-order chi connectivity index (χ1) is 10.0. The summed E-state index contributed by atoms with van der Waals surface area (Å²) >= 11 is 2.18. The second-order valence-electron chi connectivity index (χ2n) is 5.75. The Morgan fingerprint density at radius 3 is 2.81 bits per heavy atom. The molecule has 6 heteroatoms. The Morgan fingerprint density at radius 1 is 1.43 bits per heavy atom. The number of rotatable bonds is 5. The highest BCUT2D eigenvalue weighted by atomic mass is 127. The highest BCUT2D eigenvalue weighted by Crippen LogP contribution is 2.42. The topological polar surface area (TPSA) is 70.3 Å². The van der Waals surface area contributed by atoms with Gasteiger partial charge in [-0.3, -0.25) is 0 Å². The minimum Gasteiger partial charge on any atom is -0.383 e. The van der Waals surface area contributed by atoms with Gasteiger partial charge >= 0.3 is 0 Å². The van der Waals surface area contributed by atoms with Crippen molar-refractivity contribution in [1.29, 1.82) is 0 Å². The van der Waals surface area contributed by atoms with E-state index in [4.69, 9.17) is 20.2 Å². The van der Waals surface area contributed by atoms with Crippen LogP contribution in [0.3, 0.4) is 0 Å². The molecule has 21 heavy (non-hydrogen) atoms. The van der Waals surface area contributed by atoms with Crippen molar-refractivity contribution in [3.8, 4) is 0 Å². The van der Waals surface area contributed by atoms with Gasteiger partial charge in [-0.05, 0) is 54.7 Å². The fourth-order valence-electron chi connectivity index (χ4n) is 3.13. The van der Waals surface area contributed by atoms with E-state index in [-0.39, 0.29) is 0 Å². The third-order valence-electron chi connectivity index (χ3n) is 4.01. The van der Waals surface area contributed by atoms with Gasteiger partial charge in [-0.25, -0.2) is 9.97 Å². The van der Waals surface area contributed by atoms with Gasteiger partial charge in [-0.2, -0.15) is 0 Å². The minimum absolute atomic E-state index is 0.395. The summed E-state index contributed by atoms with van der Waals surface area (Å²) in [5, 5.41) is 0. The van der Waals surface area contributed by atoms with Crippen LogP contribution in [0.1, 0.15) is 51.0 Å². The molecular weight excluding hydrogens is 381 g/mol. The predicted molar refractivity (Wildman–Crippen MR) is 90.8 cm³/mol. The number of ether oxygens (including phenoxy) is 2. The van der Waals surface area contributed by atoms with Crippen LogP contribution >= 0.6 is 22.6 Å². The number of nitrogen functional groups attached to an aromatic ring is 1. The van der Waals surface area contributed by atoms with E-state index in [0.717, 1.165) is 34.4 Å². The van der Waals surface area contributed by atoms with E-state index in [0.29, 0.717) is 24.9 Å². The van der Waals surface area contributed by atoms with E-state index in [1.807, 2.05) is 6.92 Å². The Morgan fingerprint density at radius 2 is 2.19 bits per heavy atom. The highest BCUT2D eigenvalue weighted by molar-refractivity contribution is 14.1. The lowest BCUT2D eigenvalue weighted by atomic mass is 9.78. The zero-order valence-corrected chi connectivity index (χ0v) is 15.1. The molecule has 0 aromatic carbocycles. The number of methoxy groups -OCH3 is 1. The Bertz CT molecular complexity index is 494. The molecule has 0 aliphatic heterocycles. The van der Waals surface area contributed by atoms with Gasteiger partial charge in [-0.1, -0.05) is 13.3 Å². The van der Waals surface area contributed by atoms with Crippen molar-refractivity contribution in [2.24, 2.45) is 5.92 Å². The van der Waals surface area contributed by atoms with Crippen LogP contribution in [0.5, 0.6) is 0 Å². The normalized spacial score (nSPS) is 26.0. The third kappa shape index (κ3) is 3.65. The summed E-state index contributed by atoms with van der Waals surface area (Å²) in [6.07, 6.45) is 4.28. The van der Waals surface area contributed by atoms with Gasteiger partial charge in [0, 0.05) is 13.7 Å². The zero-order chi connectivity index (χ0) is 15.5. The molecule has 118 valence electrons. The molecule has 0 amide bonds. The first kappa shape index (κ1) is 16.9. The molecule has 2 N–H and O–H groups in total. The van der Waals surface area contributed by atoms with Crippen LogP contribution in [0.15, 0.2) is 0 Å². The predicted octanol–water partition coefficient (Wildman–Crippen LogP) is 3.25. The molecule has 2 rings (SSSR count). The summed E-state index contributed by atoms with van der Waals surface area (Å²) in [5.41, 5.74) is 6.53. The second-order valence-corrected chi connectivity index (χ2v) is 6.83. The van der Waals surface area contributed by atoms with Gasteiger partial charge in [0.1, 0.15) is 11.4 Å². The summed E-state index contributed by atoms with van der Waals surface area (Å²) in [7, 11) is 1.66. The lowest BCUT2D eigenvalue weighted by molar-refractivity contribution is -0.0882. The lowest BCUT2D eigenvalue weighted by Gasteiger charge is -2.38. The molecule has 1 aromatic heterocycles. The molecule has 1 fully saturated rings. The average molecular weight is 405 g/mol. The van der Waals surface area contributed by atoms with Gasteiger partial charge in [0.05, 0.1) is 15.9 Å². The zero-order valence-electron chi connectivity index (χ0n) is 13.0. The van der Waals surface area contributed by atoms with Crippen LogP contribution in [0.2, 0.25) is 0 Å². The van der Waals surface area contributed by atoms with Crippen molar-refractivity contribution >= 4 is 28.4 Å². The van der Waals surface area contributed by atoms with Crippen molar-refractivity contribution in [2.45, 2.75) is 51.7 Å². The lowest BCUT2D eigenvalue weighted by Crippen LogP contribution is -2.37. The van der Waals surface area contributed by atoms with Gasteiger partial charge in [0.25, 0.3) is 0 Å². The number of aromatic nitrogens is 2. The van der Waals surface area contributed by atoms with Crippen LogP contribution in [-0.2, 0) is 21.7 Å². The molecule has 0 radical (unpaired) electrons. The fourth-order valence-corrected chi connectivity index (χ4v) is 3.52.